The minimum atomic E-state index is -0.389. The summed E-state index contributed by atoms with van der Waals surface area (Å²) in [6.45, 7) is 0.961. The Morgan fingerprint density at radius 3 is 3.07 bits per heavy atom. The van der Waals surface area contributed by atoms with Gasteiger partial charge in [0.2, 0.25) is 5.91 Å². The molecular weight excluding hydrogens is 186 g/mol. The summed E-state index contributed by atoms with van der Waals surface area (Å²) in [5.74, 6) is -0.389. The molecule has 0 spiro atoms. The van der Waals surface area contributed by atoms with Crippen molar-refractivity contribution in [3.05, 3.63) is 0 Å². The maximum Gasteiger partial charge on any atom is 0.235 e. The molecule has 0 aliphatic carbocycles. The van der Waals surface area contributed by atoms with Gasteiger partial charge >= 0.3 is 0 Å². The van der Waals surface area contributed by atoms with E-state index in [2.05, 4.69) is 9.99 Å². The Morgan fingerprint density at radius 2 is 2.57 bits per heavy atom. The lowest BCUT2D eigenvalue weighted by Gasteiger charge is -2.19. The molecule has 6 heteroatoms. The monoisotopic (exact) mass is 201 g/mol. The summed E-state index contributed by atoms with van der Waals surface area (Å²) in [7, 11) is 1.46. The molecule has 1 aliphatic heterocycles. The number of carbonyl (C=O) groups is 1. The van der Waals surface area contributed by atoms with Gasteiger partial charge in [0, 0.05) is 19.5 Å². The van der Waals surface area contributed by atoms with Crippen LogP contribution in [0.3, 0.4) is 0 Å². The Kier molecular flexibility index (Phi) is 3.84. The summed E-state index contributed by atoms with van der Waals surface area (Å²) in [6, 6.07) is -0.365. The molecule has 6 nitrogen and oxygen atoms in total. The maximum atomic E-state index is 11.0. The van der Waals surface area contributed by atoms with Gasteiger partial charge < -0.3 is 15.7 Å². The van der Waals surface area contributed by atoms with E-state index in [0.717, 1.165) is 5.71 Å². The summed E-state index contributed by atoms with van der Waals surface area (Å²) in [6.07, 6.45) is 0.489. The van der Waals surface area contributed by atoms with Gasteiger partial charge in [-0.15, -0.1) is 0 Å². The van der Waals surface area contributed by atoms with Crippen LogP contribution in [0.4, 0.5) is 0 Å². The van der Waals surface area contributed by atoms with E-state index in [9.17, 15) is 4.79 Å². The molecule has 1 heterocycles. The van der Waals surface area contributed by atoms with E-state index in [1.165, 1.54) is 7.11 Å². The van der Waals surface area contributed by atoms with Crippen molar-refractivity contribution in [1.29, 1.82) is 0 Å². The number of hydrogen-bond acceptors (Lipinski definition) is 5. The molecule has 0 aromatic carbocycles. The fraction of sp³-hybridized carbons (Fsp3) is 0.750. The Morgan fingerprint density at radius 1 is 1.86 bits per heavy atom. The molecule has 0 saturated carbocycles. The maximum absolute atomic E-state index is 11.0. The molecule has 1 aliphatic rings. The average Bonchev–Trinajstić information content (AvgIpc) is 2.49. The Labute approximate surface area is 82.3 Å². The second-order valence-corrected chi connectivity index (χ2v) is 3.16. The number of nitrogens with two attached hydrogens (primary N) is 1. The average molecular weight is 201 g/mol. The lowest BCUT2D eigenvalue weighted by molar-refractivity contribution is -0.122. The number of hydrogen-bond donors (Lipinski definition) is 2. The second-order valence-electron chi connectivity index (χ2n) is 3.16. The summed E-state index contributed by atoms with van der Waals surface area (Å²) in [4.78, 5) is 17.5. The molecule has 0 aromatic rings. The largest absolute Gasteiger partial charge is 0.399 e. The molecule has 80 valence electrons. The van der Waals surface area contributed by atoms with Crippen LogP contribution in [-0.4, -0.2) is 54.5 Å². The van der Waals surface area contributed by atoms with E-state index < -0.39 is 0 Å². The van der Waals surface area contributed by atoms with Gasteiger partial charge in [0.25, 0.3) is 0 Å². The SMILES string of the molecule is CON=C1CC(C(N)=O)N(CCO)C1. The minimum absolute atomic E-state index is 0.00401. The van der Waals surface area contributed by atoms with Crippen LogP contribution in [0.1, 0.15) is 6.42 Å². The van der Waals surface area contributed by atoms with Crippen molar-refractivity contribution in [3.63, 3.8) is 0 Å². The first-order chi connectivity index (χ1) is 6.69. The summed E-state index contributed by atoms with van der Waals surface area (Å²) in [5, 5.41) is 12.6. The van der Waals surface area contributed by atoms with Gasteiger partial charge in [-0.1, -0.05) is 5.16 Å². The molecular formula is C8H15N3O3. The predicted molar refractivity (Wildman–Crippen MR) is 50.7 cm³/mol. The summed E-state index contributed by atoms with van der Waals surface area (Å²) >= 11 is 0. The van der Waals surface area contributed by atoms with Crippen molar-refractivity contribution in [1.82, 2.24) is 4.90 Å². The first kappa shape index (κ1) is 10.9. The quantitative estimate of drug-likeness (QED) is 0.544. The van der Waals surface area contributed by atoms with Crippen molar-refractivity contribution in [2.24, 2.45) is 10.9 Å². The highest BCUT2D eigenvalue weighted by molar-refractivity contribution is 5.95. The lowest BCUT2D eigenvalue weighted by Crippen LogP contribution is -2.41. The van der Waals surface area contributed by atoms with E-state index in [1.807, 2.05) is 0 Å². The van der Waals surface area contributed by atoms with Crippen LogP contribution in [0.2, 0.25) is 0 Å². The van der Waals surface area contributed by atoms with E-state index in [1.54, 1.807) is 4.90 Å². The van der Waals surface area contributed by atoms with Crippen LogP contribution in [0.25, 0.3) is 0 Å². The third kappa shape index (κ3) is 2.43. The van der Waals surface area contributed by atoms with Gasteiger partial charge in [-0.3, -0.25) is 9.69 Å². The van der Waals surface area contributed by atoms with Gasteiger partial charge in [0.05, 0.1) is 18.4 Å². The Bertz CT molecular complexity index is 242. The zero-order chi connectivity index (χ0) is 10.6. The minimum Gasteiger partial charge on any atom is -0.399 e. The molecule has 1 atom stereocenters. The van der Waals surface area contributed by atoms with E-state index >= 15 is 0 Å². The number of amides is 1. The molecule has 1 rings (SSSR count). The number of primary amides is 1. The molecule has 0 radical (unpaired) electrons. The number of β-amino-alcohol motifs (C(OH)–C–C–N with tert-alkyl or cyclic N) is 1. The smallest absolute Gasteiger partial charge is 0.235 e. The molecule has 1 fully saturated rings. The van der Waals surface area contributed by atoms with E-state index in [-0.39, 0.29) is 18.6 Å². The highest BCUT2D eigenvalue weighted by atomic mass is 16.6. The first-order valence-electron chi connectivity index (χ1n) is 4.42. The lowest BCUT2D eigenvalue weighted by atomic mass is 10.2. The topological polar surface area (TPSA) is 88.2 Å². The van der Waals surface area contributed by atoms with Crippen molar-refractivity contribution < 1.29 is 14.7 Å². The number of likely N-dealkylation sites (tertiary alicyclic amines) is 1. The van der Waals surface area contributed by atoms with Crippen molar-refractivity contribution >= 4 is 11.6 Å². The highest BCUT2D eigenvalue weighted by Crippen LogP contribution is 2.14. The van der Waals surface area contributed by atoms with Crippen molar-refractivity contribution in [2.45, 2.75) is 12.5 Å². The predicted octanol–water partition coefficient (Wildman–Crippen LogP) is -1.46. The number of aliphatic hydroxyl groups excluding tert-OH is 1. The molecule has 0 aromatic heterocycles. The zero-order valence-corrected chi connectivity index (χ0v) is 8.14. The second kappa shape index (κ2) is 4.92. The molecule has 1 amide bonds. The molecule has 0 bridgehead atoms. The van der Waals surface area contributed by atoms with Gasteiger partial charge in [0.1, 0.15) is 7.11 Å². The summed E-state index contributed by atoms with van der Waals surface area (Å²) in [5.41, 5.74) is 6.00. The highest BCUT2D eigenvalue weighted by Gasteiger charge is 2.32. The van der Waals surface area contributed by atoms with Crippen LogP contribution in [-0.2, 0) is 9.63 Å². The number of rotatable bonds is 4. The van der Waals surface area contributed by atoms with Crippen LogP contribution < -0.4 is 5.73 Å². The number of carbonyl (C=O) groups excluding carboxylic acids is 1. The molecule has 3 N–H and O–H groups in total. The van der Waals surface area contributed by atoms with Crippen LogP contribution >= 0.6 is 0 Å². The van der Waals surface area contributed by atoms with E-state index in [4.69, 9.17) is 10.8 Å². The summed E-state index contributed by atoms with van der Waals surface area (Å²) < 4.78 is 0. The van der Waals surface area contributed by atoms with Crippen LogP contribution in [0.15, 0.2) is 5.16 Å². The first-order valence-corrected chi connectivity index (χ1v) is 4.42. The molecule has 1 unspecified atom stereocenters. The Balaban J connectivity index is 2.64. The number of aliphatic hydroxyl groups is 1. The molecule has 14 heavy (non-hydrogen) atoms. The van der Waals surface area contributed by atoms with Gasteiger partial charge in [-0.2, -0.15) is 0 Å². The van der Waals surface area contributed by atoms with E-state index in [0.29, 0.717) is 19.5 Å². The number of nitrogens with zero attached hydrogens (tertiary/aromatic N) is 2. The number of oxime groups is 1. The Hall–Kier alpha value is -1.14. The third-order valence-corrected chi connectivity index (χ3v) is 2.19. The van der Waals surface area contributed by atoms with Crippen LogP contribution in [0, 0.1) is 0 Å². The van der Waals surface area contributed by atoms with Crippen molar-refractivity contribution in [3.8, 4) is 0 Å². The fourth-order valence-electron chi connectivity index (χ4n) is 1.60. The third-order valence-electron chi connectivity index (χ3n) is 2.19. The van der Waals surface area contributed by atoms with Gasteiger partial charge in [0.15, 0.2) is 0 Å². The molecule has 1 saturated heterocycles. The van der Waals surface area contributed by atoms with Crippen molar-refractivity contribution in [2.75, 3.05) is 26.8 Å². The van der Waals surface area contributed by atoms with Gasteiger partial charge in [-0.05, 0) is 0 Å². The van der Waals surface area contributed by atoms with Gasteiger partial charge in [-0.25, -0.2) is 0 Å². The normalized spacial score (nSPS) is 25.6. The van der Waals surface area contributed by atoms with Crippen LogP contribution in [0.5, 0.6) is 0 Å². The standard InChI is InChI=1S/C8H15N3O3/c1-14-10-6-4-7(8(9)13)11(5-6)2-3-12/h7,12H,2-5H2,1H3,(H2,9,13). The zero-order valence-electron chi connectivity index (χ0n) is 8.14. The fourth-order valence-corrected chi connectivity index (χ4v) is 1.60.